The van der Waals surface area contributed by atoms with Gasteiger partial charge in [0.15, 0.2) is 0 Å². The van der Waals surface area contributed by atoms with Crippen molar-refractivity contribution < 1.29 is 14.3 Å². The van der Waals surface area contributed by atoms with E-state index in [1.165, 1.54) is 20.0 Å². The van der Waals surface area contributed by atoms with Crippen molar-refractivity contribution in [1.29, 1.82) is 0 Å². The summed E-state index contributed by atoms with van der Waals surface area (Å²) >= 11 is 0. The lowest BCUT2D eigenvalue weighted by atomic mass is 10.2. The number of fused-ring (bicyclic) bond motifs is 1. The number of likely N-dealkylation sites (tertiary alicyclic amines) is 1. The fraction of sp³-hybridized carbons (Fsp3) is 0.474. The van der Waals surface area contributed by atoms with Gasteiger partial charge in [-0.15, -0.1) is 0 Å². The highest BCUT2D eigenvalue weighted by molar-refractivity contribution is 6.04. The summed E-state index contributed by atoms with van der Waals surface area (Å²) in [5.74, 6) is -0.256. The third kappa shape index (κ3) is 3.03. The van der Waals surface area contributed by atoms with E-state index in [0.717, 1.165) is 36.8 Å². The zero-order chi connectivity index (χ0) is 17.1. The van der Waals surface area contributed by atoms with E-state index in [4.69, 9.17) is 4.74 Å². The normalized spacial score (nSPS) is 16.7. The first kappa shape index (κ1) is 16.6. The second-order valence-corrected chi connectivity index (χ2v) is 6.37. The van der Waals surface area contributed by atoms with E-state index in [-0.39, 0.29) is 17.9 Å². The molecule has 0 aliphatic carbocycles. The monoisotopic (exact) mass is 328 g/mol. The number of carbonyl (C=O) groups is 2. The van der Waals surface area contributed by atoms with Gasteiger partial charge in [-0.3, -0.25) is 4.79 Å². The predicted molar refractivity (Wildman–Crippen MR) is 93.0 cm³/mol. The molecule has 3 rings (SSSR count). The largest absolute Gasteiger partial charge is 0.465 e. The fourth-order valence-corrected chi connectivity index (χ4v) is 3.47. The van der Waals surface area contributed by atoms with Crippen molar-refractivity contribution >= 4 is 22.8 Å². The molecular weight excluding hydrogens is 304 g/mol. The predicted octanol–water partition coefficient (Wildman–Crippen LogP) is 3.39. The van der Waals surface area contributed by atoms with Crippen molar-refractivity contribution in [1.82, 2.24) is 9.47 Å². The first-order chi connectivity index (χ1) is 11.6. The molecule has 5 nitrogen and oxygen atoms in total. The zero-order valence-electron chi connectivity index (χ0n) is 14.3. The van der Waals surface area contributed by atoms with Gasteiger partial charge in [-0.2, -0.15) is 0 Å². The Hall–Kier alpha value is -2.30. The van der Waals surface area contributed by atoms with Crippen LogP contribution < -0.4 is 0 Å². The van der Waals surface area contributed by atoms with Crippen molar-refractivity contribution in [3.8, 4) is 0 Å². The quantitative estimate of drug-likeness (QED) is 0.812. The molecule has 1 aromatic carbocycles. The Balaban J connectivity index is 1.96. The first-order valence-electron chi connectivity index (χ1n) is 8.60. The minimum Gasteiger partial charge on any atom is -0.465 e. The molecule has 0 radical (unpaired) electrons. The van der Waals surface area contributed by atoms with Gasteiger partial charge < -0.3 is 14.2 Å². The zero-order valence-corrected chi connectivity index (χ0v) is 14.3. The van der Waals surface area contributed by atoms with Crippen LogP contribution in [0.15, 0.2) is 30.5 Å². The average Bonchev–Trinajstić information content (AvgIpc) is 2.80. The van der Waals surface area contributed by atoms with Crippen LogP contribution in [0.25, 0.3) is 10.9 Å². The second-order valence-electron chi connectivity index (χ2n) is 6.37. The molecule has 1 aromatic heterocycles. The van der Waals surface area contributed by atoms with Crippen molar-refractivity contribution in [2.45, 2.75) is 38.6 Å². The Morgan fingerprint density at radius 2 is 1.75 bits per heavy atom. The fourth-order valence-electron chi connectivity index (χ4n) is 3.47. The van der Waals surface area contributed by atoms with Crippen LogP contribution in [-0.4, -0.2) is 41.5 Å². The molecule has 1 fully saturated rings. The van der Waals surface area contributed by atoms with Crippen LogP contribution in [0.4, 0.5) is 0 Å². The number of ether oxygens (including phenoxy) is 1. The Morgan fingerprint density at radius 3 is 2.42 bits per heavy atom. The number of amides is 1. The molecule has 1 amide bonds. The van der Waals surface area contributed by atoms with Crippen LogP contribution in [0.5, 0.6) is 0 Å². The highest BCUT2D eigenvalue weighted by Gasteiger charge is 2.25. The molecule has 1 aliphatic heterocycles. The highest BCUT2D eigenvalue weighted by Crippen LogP contribution is 2.26. The van der Waals surface area contributed by atoms with Crippen molar-refractivity contribution in [3.05, 3.63) is 36.0 Å². The maximum Gasteiger partial charge on any atom is 0.340 e. The van der Waals surface area contributed by atoms with Crippen LogP contribution in [0.2, 0.25) is 0 Å². The molecule has 24 heavy (non-hydrogen) atoms. The van der Waals surface area contributed by atoms with Gasteiger partial charge in [0.2, 0.25) is 5.91 Å². The van der Waals surface area contributed by atoms with Crippen LogP contribution in [-0.2, 0) is 9.53 Å². The topological polar surface area (TPSA) is 51.5 Å². The maximum atomic E-state index is 12.9. The lowest BCUT2D eigenvalue weighted by Gasteiger charge is -2.25. The molecule has 128 valence electrons. The van der Waals surface area contributed by atoms with Gasteiger partial charge in [0.25, 0.3) is 0 Å². The number of para-hydroxylation sites is 1. The Bertz CT molecular complexity index is 742. The highest BCUT2D eigenvalue weighted by atomic mass is 16.5. The van der Waals surface area contributed by atoms with Gasteiger partial charge in [0.05, 0.1) is 12.7 Å². The van der Waals surface area contributed by atoms with E-state index in [9.17, 15) is 9.59 Å². The lowest BCUT2D eigenvalue weighted by molar-refractivity contribution is -0.134. The van der Waals surface area contributed by atoms with E-state index >= 15 is 0 Å². The van der Waals surface area contributed by atoms with Crippen molar-refractivity contribution in [2.24, 2.45) is 0 Å². The Labute approximate surface area is 142 Å². The molecule has 5 heteroatoms. The Kier molecular flexibility index (Phi) is 4.88. The SMILES string of the molecule is COC(=O)c1cn([C@@H](C)C(=O)N2CCCCCC2)c2ccccc12. The molecule has 0 unspecified atom stereocenters. The summed E-state index contributed by atoms with van der Waals surface area (Å²) in [5.41, 5.74) is 1.39. The number of rotatable bonds is 3. The van der Waals surface area contributed by atoms with Crippen LogP contribution in [0.3, 0.4) is 0 Å². The lowest BCUT2D eigenvalue weighted by Crippen LogP contribution is -2.36. The minimum atomic E-state index is -0.376. The summed E-state index contributed by atoms with van der Waals surface area (Å²) in [6, 6.07) is 7.30. The number of hydrogen-bond donors (Lipinski definition) is 0. The summed E-state index contributed by atoms with van der Waals surface area (Å²) in [6.07, 6.45) is 6.27. The van der Waals surface area contributed by atoms with E-state index in [2.05, 4.69) is 0 Å². The number of aromatic nitrogens is 1. The number of carbonyl (C=O) groups excluding carboxylic acids is 2. The number of methoxy groups -OCH3 is 1. The maximum absolute atomic E-state index is 12.9. The van der Waals surface area contributed by atoms with E-state index in [1.807, 2.05) is 40.7 Å². The molecular formula is C19H24N2O3. The van der Waals surface area contributed by atoms with Crippen molar-refractivity contribution in [3.63, 3.8) is 0 Å². The first-order valence-corrected chi connectivity index (χ1v) is 8.60. The molecule has 2 aromatic rings. The second kappa shape index (κ2) is 7.07. The van der Waals surface area contributed by atoms with Gasteiger partial charge in [-0.05, 0) is 25.8 Å². The minimum absolute atomic E-state index is 0.120. The van der Waals surface area contributed by atoms with Crippen molar-refractivity contribution in [2.75, 3.05) is 20.2 Å². The summed E-state index contributed by atoms with van der Waals surface area (Å²) in [6.45, 7) is 3.55. The van der Waals surface area contributed by atoms with E-state index in [1.54, 1.807) is 6.20 Å². The number of nitrogens with zero attached hydrogens (tertiary/aromatic N) is 2. The molecule has 0 saturated carbocycles. The summed E-state index contributed by atoms with van der Waals surface area (Å²) in [7, 11) is 1.38. The molecule has 0 spiro atoms. The number of hydrogen-bond acceptors (Lipinski definition) is 3. The van der Waals surface area contributed by atoms with Gasteiger partial charge in [-0.1, -0.05) is 31.0 Å². The molecule has 0 bridgehead atoms. The van der Waals surface area contributed by atoms with Gasteiger partial charge in [-0.25, -0.2) is 4.79 Å². The van der Waals surface area contributed by atoms with E-state index in [0.29, 0.717) is 5.56 Å². The smallest absolute Gasteiger partial charge is 0.340 e. The van der Waals surface area contributed by atoms with Gasteiger partial charge in [0.1, 0.15) is 6.04 Å². The summed E-state index contributed by atoms with van der Waals surface area (Å²) in [4.78, 5) is 26.9. The van der Waals surface area contributed by atoms with Crippen LogP contribution in [0.1, 0.15) is 49.0 Å². The molecule has 1 atom stereocenters. The van der Waals surface area contributed by atoms with Gasteiger partial charge >= 0.3 is 5.97 Å². The third-order valence-corrected chi connectivity index (χ3v) is 4.84. The van der Waals surface area contributed by atoms with Crippen LogP contribution in [0, 0.1) is 0 Å². The standard InChI is InChI=1S/C19H24N2O3/c1-14(18(22)20-11-7-3-4-8-12-20)21-13-16(19(23)24-2)15-9-5-6-10-17(15)21/h5-6,9-10,13-14H,3-4,7-8,11-12H2,1-2H3/t14-/m0/s1. The molecule has 1 saturated heterocycles. The molecule has 0 N–H and O–H groups in total. The molecule has 1 aliphatic rings. The van der Waals surface area contributed by atoms with E-state index < -0.39 is 0 Å². The number of esters is 1. The summed E-state index contributed by atoms with van der Waals surface area (Å²) < 4.78 is 6.78. The van der Waals surface area contributed by atoms with Gasteiger partial charge in [0, 0.05) is 30.2 Å². The third-order valence-electron chi connectivity index (χ3n) is 4.84. The van der Waals surface area contributed by atoms with Crippen LogP contribution >= 0.6 is 0 Å². The molecule has 2 heterocycles. The average molecular weight is 328 g/mol. The summed E-state index contributed by atoms with van der Waals surface area (Å²) in [5, 5.41) is 0.819. The number of benzene rings is 1. The Morgan fingerprint density at radius 1 is 1.08 bits per heavy atom.